The molecule has 4 nitrogen and oxygen atoms in total. The van der Waals surface area contributed by atoms with Crippen LogP contribution in [0.25, 0.3) is 5.69 Å². The predicted molar refractivity (Wildman–Crippen MR) is 86.3 cm³/mol. The second kappa shape index (κ2) is 5.60. The van der Waals surface area contributed by atoms with Gasteiger partial charge in [0.1, 0.15) is 5.69 Å². The molecule has 0 spiro atoms. The van der Waals surface area contributed by atoms with E-state index in [4.69, 9.17) is 17.3 Å². The molecular weight excluding hydrogens is 286 g/mol. The van der Waals surface area contributed by atoms with Crippen molar-refractivity contribution in [1.29, 1.82) is 0 Å². The number of hydrogen-bond acceptors (Lipinski definition) is 2. The summed E-state index contributed by atoms with van der Waals surface area (Å²) in [6.07, 6.45) is 4.65. The van der Waals surface area contributed by atoms with Crippen LogP contribution in [-0.4, -0.2) is 9.36 Å². The molecule has 0 bridgehead atoms. The van der Waals surface area contributed by atoms with Gasteiger partial charge in [0.2, 0.25) is 0 Å². The zero-order valence-corrected chi connectivity index (χ0v) is 12.9. The predicted octanol–water partition coefficient (Wildman–Crippen LogP) is 3.55. The summed E-state index contributed by atoms with van der Waals surface area (Å²) in [5.74, 6) is 0.401. The topological polar surface area (TPSA) is 52.9 Å². The highest BCUT2D eigenvalue weighted by Gasteiger charge is 2.27. The Hall–Kier alpha value is -1.68. The lowest BCUT2D eigenvalue weighted by molar-refractivity contribution is 0.518. The SMILES string of the molecule is CCn1c(C2CCCC2)c(N)c(=O)n1-c1cccc(Cl)c1. The Labute approximate surface area is 129 Å². The van der Waals surface area contributed by atoms with Crippen molar-refractivity contribution in [2.24, 2.45) is 0 Å². The fourth-order valence-corrected chi connectivity index (χ4v) is 3.57. The van der Waals surface area contributed by atoms with Crippen molar-refractivity contribution < 1.29 is 0 Å². The van der Waals surface area contributed by atoms with Crippen LogP contribution in [-0.2, 0) is 6.54 Å². The van der Waals surface area contributed by atoms with Crippen LogP contribution >= 0.6 is 11.6 Å². The number of halogens is 1. The van der Waals surface area contributed by atoms with Crippen LogP contribution in [0.2, 0.25) is 5.02 Å². The van der Waals surface area contributed by atoms with E-state index in [0.717, 1.165) is 24.2 Å². The minimum Gasteiger partial charge on any atom is -0.393 e. The molecule has 0 unspecified atom stereocenters. The second-order valence-corrected chi connectivity index (χ2v) is 6.03. The molecule has 1 aromatic heterocycles. The van der Waals surface area contributed by atoms with Gasteiger partial charge in [-0.25, -0.2) is 4.68 Å². The Kier molecular flexibility index (Phi) is 3.81. The summed E-state index contributed by atoms with van der Waals surface area (Å²) in [5.41, 5.74) is 8.17. The van der Waals surface area contributed by atoms with Gasteiger partial charge in [-0.3, -0.25) is 9.48 Å². The van der Waals surface area contributed by atoms with E-state index in [-0.39, 0.29) is 5.56 Å². The van der Waals surface area contributed by atoms with Gasteiger partial charge in [0.05, 0.1) is 11.4 Å². The zero-order valence-electron chi connectivity index (χ0n) is 12.2. The summed E-state index contributed by atoms with van der Waals surface area (Å²) >= 11 is 6.06. The van der Waals surface area contributed by atoms with Crippen molar-refractivity contribution in [3.05, 3.63) is 45.3 Å². The third kappa shape index (κ3) is 2.38. The summed E-state index contributed by atoms with van der Waals surface area (Å²) in [6.45, 7) is 2.75. The molecule has 1 fully saturated rings. The van der Waals surface area contributed by atoms with Crippen LogP contribution in [0.3, 0.4) is 0 Å². The molecule has 21 heavy (non-hydrogen) atoms. The highest BCUT2D eigenvalue weighted by Crippen LogP contribution is 2.36. The Morgan fingerprint density at radius 3 is 2.67 bits per heavy atom. The Morgan fingerprint density at radius 1 is 1.33 bits per heavy atom. The van der Waals surface area contributed by atoms with Crippen LogP contribution in [0.1, 0.15) is 44.2 Å². The molecule has 1 aliphatic rings. The zero-order chi connectivity index (χ0) is 15.0. The number of hydrogen-bond donors (Lipinski definition) is 1. The number of nitrogen functional groups attached to an aromatic ring is 1. The van der Waals surface area contributed by atoms with E-state index in [1.807, 2.05) is 23.7 Å². The van der Waals surface area contributed by atoms with Crippen molar-refractivity contribution in [3.8, 4) is 5.69 Å². The number of rotatable bonds is 3. The highest BCUT2D eigenvalue weighted by atomic mass is 35.5. The van der Waals surface area contributed by atoms with E-state index >= 15 is 0 Å². The van der Waals surface area contributed by atoms with E-state index in [1.165, 1.54) is 12.8 Å². The third-order valence-electron chi connectivity index (χ3n) is 4.31. The Bertz CT molecular complexity index is 711. The molecular formula is C16H20ClN3O. The van der Waals surface area contributed by atoms with Gasteiger partial charge in [0.25, 0.3) is 5.56 Å². The van der Waals surface area contributed by atoms with Crippen molar-refractivity contribution in [1.82, 2.24) is 9.36 Å². The fraction of sp³-hybridized carbons (Fsp3) is 0.438. The van der Waals surface area contributed by atoms with E-state index < -0.39 is 0 Å². The van der Waals surface area contributed by atoms with Crippen molar-refractivity contribution >= 4 is 17.3 Å². The summed E-state index contributed by atoms with van der Waals surface area (Å²) in [6, 6.07) is 7.34. The molecule has 0 saturated heterocycles. The molecule has 1 saturated carbocycles. The first-order valence-electron chi connectivity index (χ1n) is 7.50. The fourth-order valence-electron chi connectivity index (χ4n) is 3.39. The number of benzene rings is 1. The number of anilines is 1. The monoisotopic (exact) mass is 305 g/mol. The van der Waals surface area contributed by atoms with Crippen molar-refractivity contribution in [2.45, 2.75) is 45.1 Å². The maximum Gasteiger partial charge on any atom is 0.294 e. The average molecular weight is 306 g/mol. The maximum absolute atomic E-state index is 12.6. The number of nitrogens with zero attached hydrogens (tertiary/aromatic N) is 2. The molecule has 2 aromatic rings. The van der Waals surface area contributed by atoms with Gasteiger partial charge in [0.15, 0.2) is 0 Å². The Balaban J connectivity index is 2.21. The van der Waals surface area contributed by atoms with Gasteiger partial charge in [-0.1, -0.05) is 30.5 Å². The summed E-state index contributed by atoms with van der Waals surface area (Å²) in [4.78, 5) is 12.6. The van der Waals surface area contributed by atoms with Gasteiger partial charge < -0.3 is 5.73 Å². The van der Waals surface area contributed by atoms with Gasteiger partial charge in [-0.2, -0.15) is 0 Å². The van der Waals surface area contributed by atoms with Crippen LogP contribution < -0.4 is 11.3 Å². The molecule has 1 heterocycles. The number of aromatic nitrogens is 2. The first-order valence-corrected chi connectivity index (χ1v) is 7.88. The molecule has 2 N–H and O–H groups in total. The van der Waals surface area contributed by atoms with Crippen molar-refractivity contribution in [2.75, 3.05) is 5.73 Å². The van der Waals surface area contributed by atoms with Gasteiger partial charge >= 0.3 is 0 Å². The highest BCUT2D eigenvalue weighted by molar-refractivity contribution is 6.30. The molecule has 0 amide bonds. The lowest BCUT2D eigenvalue weighted by Crippen LogP contribution is -2.22. The average Bonchev–Trinajstić information content (AvgIpc) is 3.06. The first kappa shape index (κ1) is 14.3. The van der Waals surface area contributed by atoms with Gasteiger partial charge in [-0.15, -0.1) is 0 Å². The Morgan fingerprint density at radius 2 is 2.05 bits per heavy atom. The first-order chi connectivity index (χ1) is 10.1. The maximum atomic E-state index is 12.6. The lowest BCUT2D eigenvalue weighted by atomic mass is 10.0. The molecule has 1 aromatic carbocycles. The van der Waals surface area contributed by atoms with Gasteiger partial charge in [0, 0.05) is 17.5 Å². The minimum absolute atomic E-state index is 0.138. The van der Waals surface area contributed by atoms with E-state index in [0.29, 0.717) is 23.2 Å². The molecule has 0 atom stereocenters. The van der Waals surface area contributed by atoms with Crippen LogP contribution in [0.15, 0.2) is 29.1 Å². The molecule has 3 rings (SSSR count). The number of nitrogens with two attached hydrogens (primary N) is 1. The minimum atomic E-state index is -0.138. The normalized spacial score (nSPS) is 15.7. The molecule has 5 heteroatoms. The molecule has 1 aliphatic carbocycles. The second-order valence-electron chi connectivity index (χ2n) is 5.59. The van der Waals surface area contributed by atoms with Crippen molar-refractivity contribution in [3.63, 3.8) is 0 Å². The summed E-state index contributed by atoms with van der Waals surface area (Å²) in [5, 5.41) is 0.615. The molecule has 0 radical (unpaired) electrons. The van der Waals surface area contributed by atoms with E-state index in [9.17, 15) is 4.79 Å². The van der Waals surface area contributed by atoms with Crippen LogP contribution in [0.5, 0.6) is 0 Å². The van der Waals surface area contributed by atoms with E-state index in [2.05, 4.69) is 0 Å². The van der Waals surface area contributed by atoms with E-state index in [1.54, 1.807) is 16.8 Å². The standard InChI is InChI=1S/C16H20ClN3O/c1-2-19-15(11-6-3-4-7-11)14(18)16(21)20(19)13-9-5-8-12(17)10-13/h5,8-11H,2-4,6-7,18H2,1H3. The smallest absolute Gasteiger partial charge is 0.294 e. The van der Waals surface area contributed by atoms with Crippen LogP contribution in [0, 0.1) is 0 Å². The van der Waals surface area contributed by atoms with Crippen LogP contribution in [0.4, 0.5) is 5.69 Å². The summed E-state index contributed by atoms with van der Waals surface area (Å²) in [7, 11) is 0. The summed E-state index contributed by atoms with van der Waals surface area (Å²) < 4.78 is 3.67. The largest absolute Gasteiger partial charge is 0.393 e. The van der Waals surface area contributed by atoms with Gasteiger partial charge in [-0.05, 0) is 38.0 Å². The lowest BCUT2D eigenvalue weighted by Gasteiger charge is -2.16. The molecule has 0 aliphatic heterocycles. The molecule has 112 valence electrons. The quantitative estimate of drug-likeness (QED) is 0.942. The third-order valence-corrected chi connectivity index (χ3v) is 4.55.